The molecule has 19 heavy (non-hydrogen) atoms. The first-order valence-electron chi connectivity index (χ1n) is 5.89. The van der Waals surface area contributed by atoms with Crippen LogP contribution >= 0.6 is 28.3 Å². The fraction of sp³-hybridized carbons (Fsp3) is 0.462. The molecule has 0 fully saturated rings. The maximum Gasteiger partial charge on any atom is 0.251 e. The van der Waals surface area contributed by atoms with Crippen LogP contribution in [0, 0.1) is 6.92 Å². The van der Waals surface area contributed by atoms with E-state index in [0.29, 0.717) is 18.7 Å². The van der Waals surface area contributed by atoms with E-state index in [-0.39, 0.29) is 18.3 Å². The van der Waals surface area contributed by atoms with Crippen molar-refractivity contribution < 1.29 is 9.53 Å². The molecule has 1 amide bonds. The molecule has 0 unspecified atom stereocenters. The standard InChI is InChI=1S/C13H19BrN2O2.ClH/c1-10-9-11(3-4-12(10)14)13(17)16-6-5-15-7-8-18-2;/h3-4,9,15H,5-8H2,1-2H3,(H,16,17);1H. The number of aryl methyl sites for hydroxylation is 1. The van der Waals surface area contributed by atoms with Crippen LogP contribution < -0.4 is 10.6 Å². The second-order valence-electron chi connectivity index (χ2n) is 3.96. The predicted molar refractivity (Wildman–Crippen MR) is 83.2 cm³/mol. The van der Waals surface area contributed by atoms with Crippen LogP contribution in [0.1, 0.15) is 15.9 Å². The van der Waals surface area contributed by atoms with Gasteiger partial charge in [-0.2, -0.15) is 0 Å². The Kier molecular flexibility index (Phi) is 9.87. The van der Waals surface area contributed by atoms with Crippen LogP contribution in [0.25, 0.3) is 0 Å². The molecule has 1 aromatic rings. The summed E-state index contributed by atoms with van der Waals surface area (Å²) in [4.78, 5) is 11.8. The van der Waals surface area contributed by atoms with E-state index in [1.807, 2.05) is 25.1 Å². The Morgan fingerprint density at radius 3 is 2.68 bits per heavy atom. The number of rotatable bonds is 7. The van der Waals surface area contributed by atoms with E-state index in [0.717, 1.165) is 23.1 Å². The highest BCUT2D eigenvalue weighted by Gasteiger charge is 2.05. The van der Waals surface area contributed by atoms with Crippen molar-refractivity contribution >= 4 is 34.2 Å². The van der Waals surface area contributed by atoms with E-state index < -0.39 is 0 Å². The van der Waals surface area contributed by atoms with E-state index in [1.165, 1.54) is 0 Å². The molecule has 0 heterocycles. The summed E-state index contributed by atoms with van der Waals surface area (Å²) in [7, 11) is 1.67. The third-order valence-corrected chi connectivity index (χ3v) is 3.38. The molecule has 0 atom stereocenters. The van der Waals surface area contributed by atoms with Gasteiger partial charge >= 0.3 is 0 Å². The lowest BCUT2D eigenvalue weighted by Gasteiger charge is -2.07. The molecule has 0 aromatic heterocycles. The molecule has 4 nitrogen and oxygen atoms in total. The first-order valence-corrected chi connectivity index (χ1v) is 6.68. The van der Waals surface area contributed by atoms with Gasteiger partial charge in [-0.25, -0.2) is 0 Å². The summed E-state index contributed by atoms with van der Waals surface area (Å²) in [5.74, 6) is -0.0425. The molecule has 0 bridgehead atoms. The van der Waals surface area contributed by atoms with Crippen molar-refractivity contribution in [1.29, 1.82) is 0 Å². The Morgan fingerprint density at radius 2 is 2.05 bits per heavy atom. The molecule has 0 saturated heterocycles. The predicted octanol–water partition coefficient (Wildman–Crippen LogP) is 2.15. The first kappa shape index (κ1) is 18.4. The zero-order valence-corrected chi connectivity index (χ0v) is 13.6. The second kappa shape index (κ2) is 10.2. The zero-order chi connectivity index (χ0) is 13.4. The second-order valence-corrected chi connectivity index (χ2v) is 4.82. The van der Waals surface area contributed by atoms with Crippen molar-refractivity contribution in [1.82, 2.24) is 10.6 Å². The summed E-state index contributed by atoms with van der Waals surface area (Å²) in [6.07, 6.45) is 0. The molecule has 0 saturated carbocycles. The van der Waals surface area contributed by atoms with Crippen LogP contribution in [0.3, 0.4) is 0 Å². The quantitative estimate of drug-likeness (QED) is 0.740. The number of methoxy groups -OCH3 is 1. The number of halogens is 2. The fourth-order valence-electron chi connectivity index (χ4n) is 1.45. The van der Waals surface area contributed by atoms with Gasteiger partial charge in [0, 0.05) is 36.8 Å². The molecule has 0 aliphatic carbocycles. The summed E-state index contributed by atoms with van der Waals surface area (Å²) < 4.78 is 5.92. The highest BCUT2D eigenvalue weighted by atomic mass is 79.9. The first-order chi connectivity index (χ1) is 8.65. The third kappa shape index (κ3) is 6.92. The average Bonchev–Trinajstić information content (AvgIpc) is 2.36. The Balaban J connectivity index is 0.00000324. The molecule has 0 spiro atoms. The monoisotopic (exact) mass is 350 g/mol. The topological polar surface area (TPSA) is 50.4 Å². The number of carbonyl (C=O) groups excluding carboxylic acids is 1. The SMILES string of the molecule is COCCNCCNC(=O)c1ccc(Br)c(C)c1.Cl. The zero-order valence-electron chi connectivity index (χ0n) is 11.2. The number of carbonyl (C=O) groups is 1. The summed E-state index contributed by atoms with van der Waals surface area (Å²) in [6.45, 7) is 4.79. The molecule has 0 radical (unpaired) electrons. The van der Waals surface area contributed by atoms with Gasteiger partial charge in [-0.15, -0.1) is 12.4 Å². The van der Waals surface area contributed by atoms with Crippen LogP contribution in [-0.2, 0) is 4.74 Å². The summed E-state index contributed by atoms with van der Waals surface area (Å²) in [5, 5.41) is 6.03. The van der Waals surface area contributed by atoms with Gasteiger partial charge in [-0.3, -0.25) is 4.79 Å². The molecule has 1 aromatic carbocycles. The van der Waals surface area contributed by atoms with Crippen molar-refractivity contribution in [3.05, 3.63) is 33.8 Å². The molecule has 6 heteroatoms. The van der Waals surface area contributed by atoms with Crippen LogP contribution in [0.4, 0.5) is 0 Å². The minimum Gasteiger partial charge on any atom is -0.383 e. The summed E-state index contributed by atoms with van der Waals surface area (Å²) in [6, 6.07) is 5.57. The van der Waals surface area contributed by atoms with Gasteiger partial charge in [0.2, 0.25) is 0 Å². The van der Waals surface area contributed by atoms with Gasteiger partial charge in [-0.05, 0) is 30.7 Å². The van der Waals surface area contributed by atoms with Crippen molar-refractivity contribution in [3.8, 4) is 0 Å². The van der Waals surface area contributed by atoms with E-state index >= 15 is 0 Å². The maximum atomic E-state index is 11.8. The van der Waals surface area contributed by atoms with E-state index in [4.69, 9.17) is 4.74 Å². The Morgan fingerprint density at radius 1 is 1.32 bits per heavy atom. The number of hydrogen-bond donors (Lipinski definition) is 2. The smallest absolute Gasteiger partial charge is 0.251 e. The largest absolute Gasteiger partial charge is 0.383 e. The van der Waals surface area contributed by atoms with Crippen LogP contribution in [0.5, 0.6) is 0 Å². The van der Waals surface area contributed by atoms with Gasteiger partial charge in [0.15, 0.2) is 0 Å². The van der Waals surface area contributed by atoms with Gasteiger partial charge in [0.05, 0.1) is 6.61 Å². The number of benzene rings is 1. The molecular formula is C13H20BrClN2O2. The Hall–Kier alpha value is -0.620. The highest BCUT2D eigenvalue weighted by molar-refractivity contribution is 9.10. The molecular weight excluding hydrogens is 332 g/mol. The van der Waals surface area contributed by atoms with Crippen LogP contribution in [0.15, 0.2) is 22.7 Å². The minimum atomic E-state index is -0.0425. The van der Waals surface area contributed by atoms with Gasteiger partial charge in [-0.1, -0.05) is 15.9 Å². The Labute approximate surface area is 128 Å². The van der Waals surface area contributed by atoms with Gasteiger partial charge < -0.3 is 15.4 Å². The number of nitrogens with one attached hydrogen (secondary N) is 2. The van der Waals surface area contributed by atoms with Crippen LogP contribution in [-0.4, -0.2) is 39.3 Å². The number of amides is 1. The molecule has 108 valence electrons. The van der Waals surface area contributed by atoms with E-state index in [2.05, 4.69) is 26.6 Å². The van der Waals surface area contributed by atoms with Crippen LogP contribution in [0.2, 0.25) is 0 Å². The van der Waals surface area contributed by atoms with Crippen molar-refractivity contribution in [2.45, 2.75) is 6.92 Å². The lowest BCUT2D eigenvalue weighted by molar-refractivity contribution is 0.0953. The van der Waals surface area contributed by atoms with Crippen molar-refractivity contribution in [2.75, 3.05) is 33.4 Å². The number of ether oxygens (including phenoxy) is 1. The maximum absolute atomic E-state index is 11.8. The lowest BCUT2D eigenvalue weighted by Crippen LogP contribution is -2.33. The fourth-order valence-corrected chi connectivity index (χ4v) is 1.70. The molecule has 2 N–H and O–H groups in total. The van der Waals surface area contributed by atoms with E-state index in [9.17, 15) is 4.79 Å². The molecule has 1 rings (SSSR count). The average molecular weight is 352 g/mol. The van der Waals surface area contributed by atoms with Crippen molar-refractivity contribution in [2.24, 2.45) is 0 Å². The summed E-state index contributed by atoms with van der Waals surface area (Å²) >= 11 is 3.41. The normalized spacial score (nSPS) is 9.84. The van der Waals surface area contributed by atoms with E-state index in [1.54, 1.807) is 7.11 Å². The van der Waals surface area contributed by atoms with Gasteiger partial charge in [0.25, 0.3) is 5.91 Å². The highest BCUT2D eigenvalue weighted by Crippen LogP contribution is 2.16. The molecule has 0 aliphatic heterocycles. The molecule has 0 aliphatic rings. The minimum absolute atomic E-state index is 0. The van der Waals surface area contributed by atoms with Crippen molar-refractivity contribution in [3.63, 3.8) is 0 Å². The number of hydrogen-bond acceptors (Lipinski definition) is 3. The van der Waals surface area contributed by atoms with Gasteiger partial charge in [0.1, 0.15) is 0 Å². The summed E-state index contributed by atoms with van der Waals surface area (Å²) in [5.41, 5.74) is 1.74. The third-order valence-electron chi connectivity index (χ3n) is 2.49. The lowest BCUT2D eigenvalue weighted by atomic mass is 10.1. The Bertz CT molecular complexity index is 402.